The zero-order valence-electron chi connectivity index (χ0n) is 7.93. The molecule has 0 fully saturated rings. The van der Waals surface area contributed by atoms with E-state index in [2.05, 4.69) is 15.9 Å². The van der Waals surface area contributed by atoms with Gasteiger partial charge in [0.25, 0.3) is 0 Å². The molecule has 0 radical (unpaired) electrons. The van der Waals surface area contributed by atoms with E-state index in [0.717, 1.165) is 15.8 Å². The lowest BCUT2D eigenvalue weighted by Crippen LogP contribution is -2.03. The second-order valence-corrected chi connectivity index (χ2v) is 3.82. The lowest BCUT2D eigenvalue weighted by atomic mass is 10.2. The molecule has 1 rings (SSSR count). The zero-order chi connectivity index (χ0) is 10.4. The fraction of sp³-hybridized carbons (Fsp3) is 0.400. The molecule has 0 amide bonds. The van der Waals surface area contributed by atoms with Gasteiger partial charge in [0.05, 0.1) is 5.88 Å². The van der Waals surface area contributed by atoms with E-state index in [1.807, 2.05) is 25.1 Å². The van der Waals surface area contributed by atoms with Crippen molar-refractivity contribution in [2.75, 3.05) is 13.4 Å². The Morgan fingerprint density at radius 3 is 2.86 bits per heavy atom. The Hall–Kier alpha value is -0.250. The Morgan fingerprint density at radius 1 is 1.43 bits per heavy atom. The summed E-state index contributed by atoms with van der Waals surface area (Å²) < 4.78 is 11.5. The van der Waals surface area contributed by atoms with Crippen LogP contribution >= 0.6 is 27.5 Å². The third kappa shape index (κ3) is 3.48. The van der Waals surface area contributed by atoms with E-state index in [0.29, 0.717) is 12.5 Å². The molecule has 0 aromatic heterocycles. The van der Waals surface area contributed by atoms with E-state index >= 15 is 0 Å². The van der Waals surface area contributed by atoms with Gasteiger partial charge in [0.15, 0.2) is 6.79 Å². The molecular weight excluding hydrogens is 267 g/mol. The summed E-state index contributed by atoms with van der Waals surface area (Å²) in [4.78, 5) is 0. The molecule has 2 nitrogen and oxygen atoms in total. The first-order valence-corrected chi connectivity index (χ1v) is 5.65. The number of halogens is 2. The SMILES string of the molecule is CCOCOc1ccc(Br)cc1CCl. The van der Waals surface area contributed by atoms with Crippen molar-refractivity contribution in [1.29, 1.82) is 0 Å². The Labute approximate surface area is 97.3 Å². The van der Waals surface area contributed by atoms with Gasteiger partial charge in [-0.3, -0.25) is 0 Å². The van der Waals surface area contributed by atoms with Crippen LogP contribution in [0.5, 0.6) is 5.75 Å². The molecule has 14 heavy (non-hydrogen) atoms. The van der Waals surface area contributed by atoms with Crippen LogP contribution in [0.25, 0.3) is 0 Å². The average molecular weight is 280 g/mol. The first-order valence-electron chi connectivity index (χ1n) is 4.33. The van der Waals surface area contributed by atoms with Crippen LogP contribution in [-0.4, -0.2) is 13.4 Å². The predicted molar refractivity (Wildman–Crippen MR) is 60.8 cm³/mol. The minimum absolute atomic E-state index is 0.266. The second kappa shape index (κ2) is 6.27. The van der Waals surface area contributed by atoms with Gasteiger partial charge in [-0.15, -0.1) is 11.6 Å². The lowest BCUT2D eigenvalue weighted by molar-refractivity contribution is 0.0219. The molecule has 0 heterocycles. The fourth-order valence-corrected chi connectivity index (χ4v) is 1.60. The van der Waals surface area contributed by atoms with E-state index in [1.54, 1.807) is 0 Å². The van der Waals surface area contributed by atoms with E-state index in [-0.39, 0.29) is 6.79 Å². The Morgan fingerprint density at radius 2 is 2.21 bits per heavy atom. The smallest absolute Gasteiger partial charge is 0.189 e. The molecule has 0 bridgehead atoms. The van der Waals surface area contributed by atoms with Gasteiger partial charge in [-0.25, -0.2) is 0 Å². The van der Waals surface area contributed by atoms with Crippen LogP contribution in [0, 0.1) is 0 Å². The summed E-state index contributed by atoms with van der Waals surface area (Å²) in [5, 5.41) is 0. The molecule has 0 aliphatic carbocycles. The maximum absolute atomic E-state index is 5.78. The molecule has 0 aliphatic rings. The minimum Gasteiger partial charge on any atom is -0.467 e. The number of alkyl halides is 1. The van der Waals surface area contributed by atoms with Crippen LogP contribution < -0.4 is 4.74 Å². The highest BCUT2D eigenvalue weighted by Crippen LogP contribution is 2.24. The van der Waals surface area contributed by atoms with Crippen molar-refractivity contribution in [2.45, 2.75) is 12.8 Å². The summed E-state index contributed by atoms with van der Waals surface area (Å²) in [6.07, 6.45) is 0. The van der Waals surface area contributed by atoms with Gasteiger partial charge in [0.1, 0.15) is 5.75 Å². The van der Waals surface area contributed by atoms with Crippen LogP contribution in [0.2, 0.25) is 0 Å². The van der Waals surface area contributed by atoms with E-state index in [9.17, 15) is 0 Å². The maximum atomic E-state index is 5.78. The average Bonchev–Trinajstić information content (AvgIpc) is 2.20. The Balaban J connectivity index is 2.65. The lowest BCUT2D eigenvalue weighted by Gasteiger charge is -2.09. The number of benzene rings is 1. The summed E-state index contributed by atoms with van der Waals surface area (Å²) in [5.74, 6) is 1.21. The molecule has 1 aromatic carbocycles. The van der Waals surface area contributed by atoms with E-state index < -0.39 is 0 Å². The molecule has 0 N–H and O–H groups in total. The van der Waals surface area contributed by atoms with Crippen molar-refractivity contribution in [3.05, 3.63) is 28.2 Å². The summed E-state index contributed by atoms with van der Waals surface area (Å²) in [6, 6.07) is 5.73. The molecule has 0 unspecified atom stereocenters. The first kappa shape index (κ1) is 11.8. The van der Waals surface area contributed by atoms with Crippen molar-refractivity contribution < 1.29 is 9.47 Å². The van der Waals surface area contributed by atoms with Crippen molar-refractivity contribution in [2.24, 2.45) is 0 Å². The summed E-state index contributed by atoms with van der Waals surface area (Å²) in [7, 11) is 0. The topological polar surface area (TPSA) is 18.5 Å². The van der Waals surface area contributed by atoms with Crippen LogP contribution in [0.15, 0.2) is 22.7 Å². The standard InChI is InChI=1S/C10H12BrClO2/c1-2-13-7-14-10-4-3-9(11)5-8(10)6-12/h3-5H,2,6-7H2,1H3. The summed E-state index contributed by atoms with van der Waals surface area (Å²) >= 11 is 9.15. The van der Waals surface area contributed by atoms with Crippen molar-refractivity contribution in [3.8, 4) is 5.75 Å². The van der Waals surface area contributed by atoms with Crippen LogP contribution in [0.1, 0.15) is 12.5 Å². The third-order valence-electron chi connectivity index (χ3n) is 1.67. The molecule has 0 spiro atoms. The molecule has 1 aromatic rings. The van der Waals surface area contributed by atoms with E-state index in [4.69, 9.17) is 21.1 Å². The Bertz CT molecular complexity index is 291. The Kier molecular flexibility index (Phi) is 5.30. The summed E-state index contributed by atoms with van der Waals surface area (Å²) in [6.45, 7) is 2.84. The largest absolute Gasteiger partial charge is 0.467 e. The van der Waals surface area contributed by atoms with Crippen LogP contribution in [0.4, 0.5) is 0 Å². The third-order valence-corrected chi connectivity index (χ3v) is 2.45. The van der Waals surface area contributed by atoms with Gasteiger partial charge >= 0.3 is 0 Å². The van der Waals surface area contributed by atoms with Gasteiger partial charge in [-0.2, -0.15) is 0 Å². The molecular formula is C10H12BrClO2. The van der Waals surface area contributed by atoms with Gasteiger partial charge in [0.2, 0.25) is 0 Å². The fourth-order valence-electron chi connectivity index (χ4n) is 0.982. The molecule has 0 atom stereocenters. The molecule has 4 heteroatoms. The molecule has 0 saturated heterocycles. The van der Waals surface area contributed by atoms with Crippen LogP contribution in [-0.2, 0) is 10.6 Å². The first-order chi connectivity index (χ1) is 6.77. The number of hydrogen-bond acceptors (Lipinski definition) is 2. The highest BCUT2D eigenvalue weighted by molar-refractivity contribution is 9.10. The van der Waals surface area contributed by atoms with Gasteiger partial charge in [-0.1, -0.05) is 15.9 Å². The van der Waals surface area contributed by atoms with E-state index in [1.165, 1.54) is 0 Å². The predicted octanol–water partition coefficient (Wildman–Crippen LogP) is 3.56. The quantitative estimate of drug-likeness (QED) is 0.466. The van der Waals surface area contributed by atoms with Crippen molar-refractivity contribution in [3.63, 3.8) is 0 Å². The summed E-state index contributed by atoms with van der Waals surface area (Å²) in [5.41, 5.74) is 0.959. The second-order valence-electron chi connectivity index (χ2n) is 2.64. The normalized spacial score (nSPS) is 10.2. The molecule has 0 saturated carbocycles. The van der Waals surface area contributed by atoms with Crippen molar-refractivity contribution >= 4 is 27.5 Å². The van der Waals surface area contributed by atoms with Gasteiger partial charge < -0.3 is 9.47 Å². The van der Waals surface area contributed by atoms with Crippen molar-refractivity contribution in [1.82, 2.24) is 0 Å². The minimum atomic E-state index is 0.266. The van der Waals surface area contributed by atoms with Gasteiger partial charge in [-0.05, 0) is 25.1 Å². The highest BCUT2D eigenvalue weighted by Gasteiger charge is 2.02. The number of hydrogen-bond donors (Lipinski definition) is 0. The highest BCUT2D eigenvalue weighted by atomic mass is 79.9. The maximum Gasteiger partial charge on any atom is 0.189 e. The molecule has 78 valence electrons. The number of rotatable bonds is 5. The zero-order valence-corrected chi connectivity index (χ0v) is 10.3. The number of ether oxygens (including phenoxy) is 2. The monoisotopic (exact) mass is 278 g/mol. The van der Waals surface area contributed by atoms with Gasteiger partial charge in [0, 0.05) is 16.6 Å². The molecule has 0 aliphatic heterocycles. The van der Waals surface area contributed by atoms with Crippen LogP contribution in [0.3, 0.4) is 0 Å².